The number of thioether (sulfide) groups is 1. The van der Waals surface area contributed by atoms with E-state index >= 15 is 0 Å². The summed E-state index contributed by atoms with van der Waals surface area (Å²) >= 11 is 13.4. The Hall–Kier alpha value is -2.47. The fourth-order valence-corrected chi connectivity index (χ4v) is 3.89. The first kappa shape index (κ1) is 21.2. The molecular formula is C22H17Cl2NO3S. The fourth-order valence-electron chi connectivity index (χ4n) is 2.54. The van der Waals surface area contributed by atoms with Crippen LogP contribution < -0.4 is 10.1 Å². The smallest absolute Gasteiger partial charge is 0.257 e. The Kier molecular flexibility index (Phi) is 7.20. The molecule has 0 radical (unpaired) electrons. The number of hydrogen-bond acceptors (Lipinski definition) is 4. The maximum atomic E-state index is 12.5. The number of nitrogens with one attached hydrogen (secondary N) is 1. The van der Waals surface area contributed by atoms with E-state index in [-0.39, 0.29) is 22.5 Å². The molecular weight excluding hydrogens is 429 g/mol. The van der Waals surface area contributed by atoms with Gasteiger partial charge in [-0.15, -0.1) is 11.8 Å². The number of Topliss-reactive ketones (excluding diaryl/α,β-unsaturated/α-hetero) is 1. The van der Waals surface area contributed by atoms with Crippen LogP contribution in [-0.2, 0) is 0 Å². The van der Waals surface area contributed by atoms with Crippen LogP contribution >= 0.6 is 35.0 Å². The molecule has 0 bridgehead atoms. The fraction of sp³-hybridized carbons (Fsp3) is 0.0909. The summed E-state index contributed by atoms with van der Waals surface area (Å²) in [6.07, 6.45) is 0. The van der Waals surface area contributed by atoms with E-state index in [1.807, 2.05) is 18.2 Å². The Morgan fingerprint density at radius 1 is 1.00 bits per heavy atom. The highest BCUT2D eigenvalue weighted by Gasteiger charge is 2.12. The average Bonchev–Trinajstić information content (AvgIpc) is 2.72. The highest BCUT2D eigenvalue weighted by molar-refractivity contribution is 8.00. The number of methoxy groups -OCH3 is 1. The highest BCUT2D eigenvalue weighted by atomic mass is 35.5. The van der Waals surface area contributed by atoms with Gasteiger partial charge in [0.05, 0.1) is 23.4 Å². The number of ether oxygens (including phenoxy) is 1. The molecule has 7 heteroatoms. The van der Waals surface area contributed by atoms with Crippen molar-refractivity contribution in [3.63, 3.8) is 0 Å². The van der Waals surface area contributed by atoms with Gasteiger partial charge in [-0.3, -0.25) is 9.59 Å². The van der Waals surface area contributed by atoms with Crippen LogP contribution in [0.15, 0.2) is 71.6 Å². The van der Waals surface area contributed by atoms with Gasteiger partial charge in [0, 0.05) is 21.2 Å². The van der Waals surface area contributed by atoms with Crippen LogP contribution in [0.4, 0.5) is 5.69 Å². The first-order valence-electron chi connectivity index (χ1n) is 8.63. The van der Waals surface area contributed by atoms with Crippen molar-refractivity contribution in [3.8, 4) is 5.75 Å². The molecule has 0 atom stereocenters. The standard InChI is InChI=1S/C22H17Cl2NO3S/c1-28-17-8-5-14(6-9-17)21(26)13-29-18-4-2-3-16(12-18)25-22(27)19-10-7-15(23)11-20(19)24/h2-12H,13H2,1H3,(H,25,27). The summed E-state index contributed by atoms with van der Waals surface area (Å²) in [5.74, 6) is 0.675. The predicted octanol–water partition coefficient (Wildman–Crippen LogP) is 6.23. The Bertz CT molecular complexity index is 1040. The third-order valence-corrected chi connectivity index (χ3v) is 5.59. The molecule has 0 fully saturated rings. The molecule has 0 unspecified atom stereocenters. The zero-order valence-electron chi connectivity index (χ0n) is 15.4. The summed E-state index contributed by atoms with van der Waals surface area (Å²) in [4.78, 5) is 25.7. The van der Waals surface area contributed by atoms with Gasteiger partial charge in [0.25, 0.3) is 5.91 Å². The van der Waals surface area contributed by atoms with Crippen LogP contribution in [0.3, 0.4) is 0 Å². The molecule has 3 aromatic carbocycles. The summed E-state index contributed by atoms with van der Waals surface area (Å²) in [5.41, 5.74) is 1.58. The Labute approximate surface area is 183 Å². The monoisotopic (exact) mass is 445 g/mol. The topological polar surface area (TPSA) is 55.4 Å². The molecule has 0 saturated heterocycles. The molecule has 0 heterocycles. The molecule has 3 aromatic rings. The van der Waals surface area contributed by atoms with E-state index in [1.165, 1.54) is 17.8 Å². The van der Waals surface area contributed by atoms with Gasteiger partial charge in [-0.05, 0) is 60.7 Å². The molecule has 0 aliphatic carbocycles. The van der Waals surface area contributed by atoms with Gasteiger partial charge in [-0.1, -0.05) is 29.3 Å². The number of ketones is 1. The van der Waals surface area contributed by atoms with Crippen molar-refractivity contribution in [2.75, 3.05) is 18.2 Å². The number of rotatable bonds is 7. The SMILES string of the molecule is COc1ccc(C(=O)CSc2cccc(NC(=O)c3ccc(Cl)cc3Cl)c2)cc1. The molecule has 0 aliphatic heterocycles. The average molecular weight is 446 g/mol. The lowest BCUT2D eigenvalue weighted by Gasteiger charge is -2.09. The summed E-state index contributed by atoms with van der Waals surface area (Å²) in [6, 6.07) is 19.0. The van der Waals surface area contributed by atoms with Gasteiger partial charge in [0.15, 0.2) is 5.78 Å². The van der Waals surface area contributed by atoms with Crippen LogP contribution in [0.1, 0.15) is 20.7 Å². The van der Waals surface area contributed by atoms with Crippen LogP contribution in [-0.4, -0.2) is 24.6 Å². The van der Waals surface area contributed by atoms with E-state index in [9.17, 15) is 9.59 Å². The molecule has 148 valence electrons. The third-order valence-electron chi connectivity index (χ3n) is 4.05. The summed E-state index contributed by atoms with van der Waals surface area (Å²) in [7, 11) is 1.58. The summed E-state index contributed by atoms with van der Waals surface area (Å²) < 4.78 is 5.10. The van der Waals surface area contributed by atoms with Gasteiger partial charge >= 0.3 is 0 Å². The number of carbonyl (C=O) groups excluding carboxylic acids is 2. The van der Waals surface area contributed by atoms with Crippen molar-refractivity contribution in [2.45, 2.75) is 4.90 Å². The maximum absolute atomic E-state index is 12.5. The zero-order chi connectivity index (χ0) is 20.8. The van der Waals surface area contributed by atoms with E-state index in [0.717, 1.165) is 4.90 Å². The predicted molar refractivity (Wildman–Crippen MR) is 119 cm³/mol. The Morgan fingerprint density at radius 2 is 1.76 bits per heavy atom. The molecule has 0 spiro atoms. The van der Waals surface area contributed by atoms with E-state index in [0.29, 0.717) is 27.6 Å². The molecule has 0 aromatic heterocycles. The number of amides is 1. The lowest BCUT2D eigenvalue weighted by atomic mass is 10.1. The number of halogens is 2. The molecule has 1 amide bonds. The van der Waals surface area contributed by atoms with E-state index in [2.05, 4.69) is 5.32 Å². The van der Waals surface area contributed by atoms with Gasteiger partial charge in [0.1, 0.15) is 5.75 Å². The van der Waals surface area contributed by atoms with Crippen molar-refractivity contribution >= 4 is 52.3 Å². The molecule has 0 saturated carbocycles. The van der Waals surface area contributed by atoms with E-state index in [4.69, 9.17) is 27.9 Å². The quantitative estimate of drug-likeness (QED) is 0.345. The minimum absolute atomic E-state index is 0.0139. The second-order valence-corrected chi connectivity index (χ2v) is 7.94. The number of hydrogen-bond donors (Lipinski definition) is 1. The van der Waals surface area contributed by atoms with Crippen molar-refractivity contribution in [1.82, 2.24) is 0 Å². The van der Waals surface area contributed by atoms with E-state index in [1.54, 1.807) is 49.6 Å². The minimum Gasteiger partial charge on any atom is -0.497 e. The van der Waals surface area contributed by atoms with Crippen LogP contribution in [0, 0.1) is 0 Å². The molecule has 1 N–H and O–H groups in total. The van der Waals surface area contributed by atoms with E-state index < -0.39 is 0 Å². The molecule has 0 aliphatic rings. The van der Waals surface area contributed by atoms with Crippen molar-refractivity contribution in [2.24, 2.45) is 0 Å². The van der Waals surface area contributed by atoms with Gasteiger partial charge in [-0.25, -0.2) is 0 Å². The van der Waals surface area contributed by atoms with Crippen molar-refractivity contribution < 1.29 is 14.3 Å². The normalized spacial score (nSPS) is 10.4. The number of benzene rings is 3. The first-order chi connectivity index (χ1) is 14.0. The third kappa shape index (κ3) is 5.76. The van der Waals surface area contributed by atoms with Crippen molar-refractivity contribution in [1.29, 1.82) is 0 Å². The van der Waals surface area contributed by atoms with Gasteiger partial charge in [-0.2, -0.15) is 0 Å². The van der Waals surface area contributed by atoms with Crippen LogP contribution in [0.5, 0.6) is 5.75 Å². The van der Waals surface area contributed by atoms with Gasteiger partial charge in [0.2, 0.25) is 0 Å². The number of carbonyl (C=O) groups is 2. The zero-order valence-corrected chi connectivity index (χ0v) is 17.8. The first-order valence-corrected chi connectivity index (χ1v) is 10.4. The Balaban J connectivity index is 1.63. The molecule has 29 heavy (non-hydrogen) atoms. The lowest BCUT2D eigenvalue weighted by molar-refractivity contribution is 0.101. The second kappa shape index (κ2) is 9.83. The highest BCUT2D eigenvalue weighted by Crippen LogP contribution is 2.25. The lowest BCUT2D eigenvalue weighted by Crippen LogP contribution is -2.12. The number of anilines is 1. The summed E-state index contributed by atoms with van der Waals surface area (Å²) in [6.45, 7) is 0. The molecule has 3 rings (SSSR count). The van der Waals surface area contributed by atoms with Gasteiger partial charge < -0.3 is 10.1 Å². The molecule has 4 nitrogen and oxygen atoms in total. The maximum Gasteiger partial charge on any atom is 0.257 e. The Morgan fingerprint density at radius 3 is 2.45 bits per heavy atom. The minimum atomic E-state index is -0.330. The van der Waals surface area contributed by atoms with Crippen molar-refractivity contribution in [3.05, 3.63) is 87.9 Å². The summed E-state index contributed by atoms with van der Waals surface area (Å²) in [5, 5.41) is 3.56. The second-order valence-electron chi connectivity index (χ2n) is 6.05. The van der Waals surface area contributed by atoms with Crippen LogP contribution in [0.25, 0.3) is 0 Å². The largest absolute Gasteiger partial charge is 0.497 e. The van der Waals surface area contributed by atoms with Crippen LogP contribution in [0.2, 0.25) is 10.0 Å².